The summed E-state index contributed by atoms with van der Waals surface area (Å²) < 4.78 is 25.4. The summed E-state index contributed by atoms with van der Waals surface area (Å²) >= 11 is 0. The molecule has 1 aromatic carbocycles. The summed E-state index contributed by atoms with van der Waals surface area (Å²) in [5, 5.41) is 6.29. The first-order valence-corrected chi connectivity index (χ1v) is 11.2. The molecule has 0 aliphatic carbocycles. The van der Waals surface area contributed by atoms with Gasteiger partial charge in [0.1, 0.15) is 5.82 Å². The van der Waals surface area contributed by atoms with Crippen molar-refractivity contribution >= 4 is 17.4 Å². The van der Waals surface area contributed by atoms with Gasteiger partial charge in [-0.05, 0) is 63.4 Å². The summed E-state index contributed by atoms with van der Waals surface area (Å²) in [4.78, 5) is 18.0. The third-order valence-electron chi connectivity index (χ3n) is 5.41. The van der Waals surface area contributed by atoms with E-state index in [-0.39, 0.29) is 17.4 Å². The first kappa shape index (κ1) is 23.8. The number of carbonyl (C=O) groups is 1. The molecule has 0 unspecified atom stereocenters. The lowest BCUT2D eigenvalue weighted by molar-refractivity contribution is -0.114. The van der Waals surface area contributed by atoms with Crippen LogP contribution >= 0.6 is 0 Å². The highest BCUT2D eigenvalue weighted by atomic mass is 19.1. The molecule has 7 nitrogen and oxygen atoms in total. The fraction of sp³-hybridized carbons (Fsp3) is 0.500. The van der Waals surface area contributed by atoms with E-state index in [2.05, 4.69) is 20.5 Å². The van der Waals surface area contributed by atoms with Gasteiger partial charge in [0.2, 0.25) is 11.7 Å². The van der Waals surface area contributed by atoms with Gasteiger partial charge in [-0.25, -0.2) is 4.98 Å². The number of hydrogen-bond donors (Lipinski definition) is 2. The Morgan fingerprint density at radius 3 is 2.31 bits per heavy atom. The van der Waals surface area contributed by atoms with Crippen LogP contribution in [-0.2, 0) is 11.3 Å². The zero-order chi connectivity index (χ0) is 23.1. The van der Waals surface area contributed by atoms with Crippen LogP contribution in [-0.4, -0.2) is 48.1 Å². The second-order valence-corrected chi connectivity index (χ2v) is 7.98. The summed E-state index contributed by atoms with van der Waals surface area (Å²) in [6, 6.07) is 7.67. The van der Waals surface area contributed by atoms with E-state index in [9.17, 15) is 9.18 Å². The number of pyridine rings is 1. The standard InChI is InChI=1S/C24H33FN4O3/c1-5-31-21-13-18(14-22(24(21)25)32-6-2)15-29-11-9-19(10-12-29)28-20-7-8-23(26-16(20)3)27-17(4)30/h7-8,13-14,19,28H,5-6,9-12,15H2,1-4H3,(H,26,27,30). The lowest BCUT2D eigenvalue weighted by Gasteiger charge is -2.33. The molecule has 0 spiro atoms. The third-order valence-corrected chi connectivity index (χ3v) is 5.41. The van der Waals surface area contributed by atoms with E-state index < -0.39 is 5.82 Å². The molecule has 1 fully saturated rings. The van der Waals surface area contributed by atoms with Gasteiger partial charge >= 0.3 is 0 Å². The summed E-state index contributed by atoms with van der Waals surface area (Å²) in [7, 11) is 0. The first-order chi connectivity index (χ1) is 15.4. The summed E-state index contributed by atoms with van der Waals surface area (Å²) in [5.41, 5.74) is 2.83. The molecular weight excluding hydrogens is 411 g/mol. The van der Waals surface area contributed by atoms with Crippen molar-refractivity contribution in [3.63, 3.8) is 0 Å². The predicted molar refractivity (Wildman–Crippen MR) is 124 cm³/mol. The number of anilines is 2. The minimum Gasteiger partial charge on any atom is -0.491 e. The maximum atomic E-state index is 14.5. The van der Waals surface area contributed by atoms with Gasteiger partial charge in [0.25, 0.3) is 0 Å². The number of rotatable bonds is 9. The number of piperidine rings is 1. The number of nitrogens with zero attached hydrogens (tertiary/aromatic N) is 2. The van der Waals surface area contributed by atoms with Gasteiger partial charge in [0.15, 0.2) is 11.5 Å². The number of ether oxygens (including phenoxy) is 2. The van der Waals surface area contributed by atoms with E-state index in [0.29, 0.717) is 25.1 Å². The van der Waals surface area contributed by atoms with Gasteiger partial charge in [0.05, 0.1) is 24.6 Å². The molecule has 174 valence electrons. The van der Waals surface area contributed by atoms with Crippen molar-refractivity contribution in [2.45, 2.75) is 53.1 Å². The quantitative estimate of drug-likeness (QED) is 0.599. The Morgan fingerprint density at radius 2 is 1.78 bits per heavy atom. The van der Waals surface area contributed by atoms with E-state index in [0.717, 1.165) is 49.4 Å². The van der Waals surface area contributed by atoms with Crippen molar-refractivity contribution in [1.29, 1.82) is 0 Å². The van der Waals surface area contributed by atoms with E-state index in [1.807, 2.05) is 32.9 Å². The Kier molecular flexibility index (Phi) is 8.27. The monoisotopic (exact) mass is 444 g/mol. The fourth-order valence-electron chi connectivity index (χ4n) is 3.92. The number of hydrogen-bond acceptors (Lipinski definition) is 6. The first-order valence-electron chi connectivity index (χ1n) is 11.2. The number of nitrogens with one attached hydrogen (secondary N) is 2. The van der Waals surface area contributed by atoms with Crippen LogP contribution in [0.1, 0.15) is 44.9 Å². The molecule has 1 aromatic heterocycles. The zero-order valence-electron chi connectivity index (χ0n) is 19.3. The van der Waals surface area contributed by atoms with E-state index in [4.69, 9.17) is 9.47 Å². The van der Waals surface area contributed by atoms with Gasteiger partial charge in [0, 0.05) is 32.6 Å². The highest BCUT2D eigenvalue weighted by Crippen LogP contribution is 2.30. The Hall–Kier alpha value is -2.87. The molecule has 0 radical (unpaired) electrons. The fourth-order valence-corrected chi connectivity index (χ4v) is 3.92. The minimum absolute atomic E-state index is 0.132. The molecule has 8 heteroatoms. The van der Waals surface area contributed by atoms with Crippen molar-refractivity contribution < 1.29 is 18.7 Å². The Balaban J connectivity index is 1.58. The van der Waals surface area contributed by atoms with Crippen molar-refractivity contribution in [1.82, 2.24) is 9.88 Å². The number of amides is 1. The molecule has 2 heterocycles. The number of halogens is 1. The van der Waals surface area contributed by atoms with E-state index >= 15 is 0 Å². The Labute approximate surface area is 189 Å². The SMILES string of the molecule is CCOc1cc(CN2CCC(Nc3ccc(NC(C)=O)nc3C)CC2)cc(OCC)c1F. The van der Waals surface area contributed by atoms with Gasteiger partial charge in [-0.15, -0.1) is 0 Å². The second kappa shape index (κ2) is 11.1. The number of aromatic nitrogens is 1. The average Bonchev–Trinajstić information content (AvgIpc) is 2.74. The van der Waals surface area contributed by atoms with Crippen LogP contribution in [0.25, 0.3) is 0 Å². The van der Waals surface area contributed by atoms with Crippen LogP contribution < -0.4 is 20.1 Å². The smallest absolute Gasteiger partial charge is 0.222 e. The third kappa shape index (κ3) is 6.32. The molecule has 3 rings (SSSR count). The summed E-state index contributed by atoms with van der Waals surface area (Å²) in [6.45, 7) is 10.5. The van der Waals surface area contributed by atoms with Crippen LogP contribution in [0.5, 0.6) is 11.5 Å². The molecule has 1 saturated heterocycles. The summed E-state index contributed by atoms with van der Waals surface area (Å²) in [5.74, 6) is 0.487. The van der Waals surface area contributed by atoms with Crippen LogP contribution in [0.3, 0.4) is 0 Å². The normalized spacial score (nSPS) is 14.8. The molecule has 0 saturated carbocycles. The maximum Gasteiger partial charge on any atom is 0.222 e. The van der Waals surface area contributed by atoms with Crippen LogP contribution in [0.2, 0.25) is 0 Å². The molecule has 2 aromatic rings. The molecule has 0 bridgehead atoms. The Bertz CT molecular complexity index is 902. The number of likely N-dealkylation sites (tertiary alicyclic amines) is 1. The lowest BCUT2D eigenvalue weighted by atomic mass is 10.0. The largest absolute Gasteiger partial charge is 0.491 e. The minimum atomic E-state index is -0.436. The van der Waals surface area contributed by atoms with Crippen molar-refractivity contribution in [2.75, 3.05) is 36.9 Å². The molecular formula is C24H33FN4O3. The average molecular weight is 445 g/mol. The molecule has 1 amide bonds. The van der Waals surface area contributed by atoms with Gasteiger partial charge < -0.3 is 20.1 Å². The molecule has 32 heavy (non-hydrogen) atoms. The van der Waals surface area contributed by atoms with Gasteiger partial charge in [-0.2, -0.15) is 4.39 Å². The highest BCUT2D eigenvalue weighted by molar-refractivity contribution is 5.87. The van der Waals surface area contributed by atoms with Crippen LogP contribution in [0.15, 0.2) is 24.3 Å². The molecule has 1 aliphatic heterocycles. The summed E-state index contributed by atoms with van der Waals surface area (Å²) in [6.07, 6.45) is 1.98. The predicted octanol–water partition coefficient (Wildman–Crippen LogP) is 4.36. The van der Waals surface area contributed by atoms with Crippen LogP contribution in [0, 0.1) is 12.7 Å². The number of benzene rings is 1. The topological polar surface area (TPSA) is 75.7 Å². The van der Waals surface area contributed by atoms with Gasteiger partial charge in [-0.1, -0.05) is 0 Å². The molecule has 1 aliphatic rings. The van der Waals surface area contributed by atoms with Crippen molar-refractivity contribution in [3.05, 3.63) is 41.3 Å². The lowest BCUT2D eigenvalue weighted by Crippen LogP contribution is -2.38. The second-order valence-electron chi connectivity index (χ2n) is 7.98. The van der Waals surface area contributed by atoms with Crippen LogP contribution in [0.4, 0.5) is 15.9 Å². The number of carbonyl (C=O) groups excluding carboxylic acids is 1. The van der Waals surface area contributed by atoms with Gasteiger partial charge in [-0.3, -0.25) is 9.69 Å². The maximum absolute atomic E-state index is 14.5. The highest BCUT2D eigenvalue weighted by Gasteiger charge is 2.21. The van der Waals surface area contributed by atoms with Crippen molar-refractivity contribution in [3.8, 4) is 11.5 Å². The number of aryl methyl sites for hydroxylation is 1. The van der Waals surface area contributed by atoms with Crippen molar-refractivity contribution in [2.24, 2.45) is 0 Å². The molecule has 2 N–H and O–H groups in total. The van der Waals surface area contributed by atoms with E-state index in [1.165, 1.54) is 6.92 Å². The zero-order valence-corrected chi connectivity index (χ0v) is 19.3. The Morgan fingerprint density at radius 1 is 1.16 bits per heavy atom. The van der Waals surface area contributed by atoms with E-state index in [1.54, 1.807) is 12.1 Å². The molecule has 0 atom stereocenters.